The minimum Gasteiger partial charge on any atom is -0.340 e. The number of rotatable bonds is 4. The van der Waals surface area contributed by atoms with E-state index in [0.29, 0.717) is 23.4 Å². The molecule has 0 atom stereocenters. The molecule has 2 heterocycles. The highest BCUT2D eigenvalue weighted by atomic mass is 16.2. The van der Waals surface area contributed by atoms with Crippen molar-refractivity contribution in [2.24, 2.45) is 5.41 Å². The summed E-state index contributed by atoms with van der Waals surface area (Å²) < 4.78 is 0. The van der Waals surface area contributed by atoms with Crippen LogP contribution in [0.4, 0.5) is 5.82 Å². The maximum absolute atomic E-state index is 12.5. The van der Waals surface area contributed by atoms with Gasteiger partial charge in [0.15, 0.2) is 11.5 Å². The van der Waals surface area contributed by atoms with Gasteiger partial charge in [-0.05, 0) is 18.3 Å². The molecule has 0 unspecified atom stereocenters. The number of nitriles is 1. The Morgan fingerprint density at radius 2 is 2.12 bits per heavy atom. The molecule has 0 saturated heterocycles. The third-order valence-electron chi connectivity index (χ3n) is 4.22. The van der Waals surface area contributed by atoms with Gasteiger partial charge in [-0.1, -0.05) is 33.6 Å². The van der Waals surface area contributed by atoms with Gasteiger partial charge >= 0.3 is 0 Å². The van der Waals surface area contributed by atoms with E-state index >= 15 is 0 Å². The summed E-state index contributed by atoms with van der Waals surface area (Å²) in [7, 11) is 0. The van der Waals surface area contributed by atoms with Crippen molar-refractivity contribution in [3.63, 3.8) is 0 Å². The first-order valence-corrected chi connectivity index (χ1v) is 8.57. The molecule has 2 aromatic rings. The van der Waals surface area contributed by atoms with Crippen LogP contribution in [0.15, 0.2) is 6.33 Å². The largest absolute Gasteiger partial charge is 0.340 e. The molecule has 1 fully saturated rings. The number of hydrogen-bond donors (Lipinski definition) is 2. The monoisotopic (exact) mass is 341 g/mol. The minimum absolute atomic E-state index is 0.0441. The summed E-state index contributed by atoms with van der Waals surface area (Å²) >= 11 is 0. The summed E-state index contributed by atoms with van der Waals surface area (Å²) in [6, 6.07) is 2.12. The molecule has 8 heteroatoms. The molecule has 2 aromatic heterocycles. The summed E-state index contributed by atoms with van der Waals surface area (Å²) in [6.07, 6.45) is 6.08. The van der Waals surface area contributed by atoms with Crippen LogP contribution in [-0.2, 0) is 4.79 Å². The first-order valence-electron chi connectivity index (χ1n) is 8.57. The molecule has 25 heavy (non-hydrogen) atoms. The van der Waals surface area contributed by atoms with E-state index in [4.69, 9.17) is 0 Å². The first-order chi connectivity index (χ1) is 11.9. The molecule has 1 saturated carbocycles. The molecule has 0 spiro atoms. The van der Waals surface area contributed by atoms with Crippen LogP contribution in [0.25, 0.3) is 11.2 Å². The number of aromatic nitrogens is 4. The predicted molar refractivity (Wildman–Crippen MR) is 93.3 cm³/mol. The fraction of sp³-hybridized carbons (Fsp3) is 0.588. The van der Waals surface area contributed by atoms with Crippen LogP contribution in [0.2, 0.25) is 0 Å². The SMILES string of the molecule is CC(C)(C)CC(=O)NN(c1nc(C#N)nc2nc[nH]c12)C1CCCC1. The first kappa shape index (κ1) is 17.1. The van der Waals surface area contributed by atoms with Gasteiger partial charge in [0.25, 0.3) is 0 Å². The van der Waals surface area contributed by atoms with E-state index in [1.54, 1.807) is 0 Å². The lowest BCUT2D eigenvalue weighted by Crippen LogP contribution is -2.49. The van der Waals surface area contributed by atoms with Crippen molar-refractivity contribution in [1.29, 1.82) is 5.26 Å². The summed E-state index contributed by atoms with van der Waals surface area (Å²) in [5, 5.41) is 11.0. The van der Waals surface area contributed by atoms with Gasteiger partial charge in [-0.2, -0.15) is 15.2 Å². The number of nitrogens with one attached hydrogen (secondary N) is 2. The number of nitrogens with zero attached hydrogens (tertiary/aromatic N) is 5. The smallest absolute Gasteiger partial charge is 0.239 e. The van der Waals surface area contributed by atoms with Gasteiger partial charge in [0.2, 0.25) is 11.7 Å². The Labute approximate surface area is 146 Å². The molecule has 0 radical (unpaired) electrons. The van der Waals surface area contributed by atoms with Crippen molar-refractivity contribution in [2.75, 3.05) is 5.01 Å². The molecule has 0 aromatic carbocycles. The maximum Gasteiger partial charge on any atom is 0.239 e. The molecular formula is C17H23N7O. The van der Waals surface area contributed by atoms with Crippen molar-refractivity contribution < 1.29 is 4.79 Å². The molecule has 1 aliphatic rings. The van der Waals surface area contributed by atoms with E-state index in [2.05, 4.69) is 25.4 Å². The summed E-state index contributed by atoms with van der Waals surface area (Å²) in [5.74, 6) is 0.486. The average molecular weight is 341 g/mol. The van der Waals surface area contributed by atoms with Crippen LogP contribution < -0.4 is 10.4 Å². The number of hydrazine groups is 1. The number of hydrogen-bond acceptors (Lipinski definition) is 6. The van der Waals surface area contributed by atoms with E-state index in [0.717, 1.165) is 25.7 Å². The van der Waals surface area contributed by atoms with Gasteiger partial charge in [0.1, 0.15) is 11.6 Å². The summed E-state index contributed by atoms with van der Waals surface area (Å²) in [4.78, 5) is 28.2. The van der Waals surface area contributed by atoms with E-state index in [1.807, 2.05) is 31.8 Å². The van der Waals surface area contributed by atoms with E-state index in [9.17, 15) is 10.1 Å². The Balaban J connectivity index is 1.99. The summed E-state index contributed by atoms with van der Waals surface area (Å²) in [5.41, 5.74) is 3.95. The lowest BCUT2D eigenvalue weighted by Gasteiger charge is -2.31. The Hall–Kier alpha value is -2.69. The highest BCUT2D eigenvalue weighted by Crippen LogP contribution is 2.29. The molecule has 1 amide bonds. The van der Waals surface area contributed by atoms with Gasteiger partial charge in [-0.3, -0.25) is 15.2 Å². The Morgan fingerprint density at radius 3 is 2.76 bits per heavy atom. The third-order valence-corrected chi connectivity index (χ3v) is 4.22. The number of H-pyrrole nitrogens is 1. The number of fused-ring (bicyclic) bond motifs is 1. The second kappa shape index (κ2) is 6.67. The fourth-order valence-electron chi connectivity index (χ4n) is 3.18. The fourth-order valence-corrected chi connectivity index (χ4v) is 3.18. The number of amides is 1. The van der Waals surface area contributed by atoms with E-state index in [-0.39, 0.29) is 23.2 Å². The van der Waals surface area contributed by atoms with Crippen molar-refractivity contribution in [3.8, 4) is 6.07 Å². The van der Waals surface area contributed by atoms with Crippen LogP contribution in [0.1, 0.15) is 58.7 Å². The van der Waals surface area contributed by atoms with Crippen LogP contribution in [0, 0.1) is 16.7 Å². The zero-order chi connectivity index (χ0) is 18.0. The van der Waals surface area contributed by atoms with Crippen molar-refractivity contribution >= 4 is 22.9 Å². The zero-order valence-corrected chi connectivity index (χ0v) is 14.8. The van der Waals surface area contributed by atoms with Crippen molar-refractivity contribution in [1.82, 2.24) is 25.4 Å². The van der Waals surface area contributed by atoms with Gasteiger partial charge in [-0.25, -0.2) is 4.98 Å². The molecule has 0 bridgehead atoms. The van der Waals surface area contributed by atoms with Crippen LogP contribution in [-0.4, -0.2) is 31.9 Å². The second-order valence-corrected chi connectivity index (χ2v) is 7.66. The number of carbonyl (C=O) groups excluding carboxylic acids is 1. The number of carbonyl (C=O) groups is 1. The van der Waals surface area contributed by atoms with E-state index < -0.39 is 0 Å². The van der Waals surface area contributed by atoms with Crippen LogP contribution >= 0.6 is 0 Å². The highest BCUT2D eigenvalue weighted by molar-refractivity contribution is 5.86. The second-order valence-electron chi connectivity index (χ2n) is 7.66. The predicted octanol–water partition coefficient (Wildman–Crippen LogP) is 2.44. The quantitative estimate of drug-likeness (QED) is 0.826. The van der Waals surface area contributed by atoms with Crippen molar-refractivity contribution in [2.45, 2.75) is 58.9 Å². The molecule has 132 valence electrons. The Kier molecular flexibility index (Phi) is 4.57. The standard InChI is InChI=1S/C17H23N7O/c1-17(2,3)8-13(25)23-24(11-6-4-5-7-11)16-14-15(20-10-19-14)21-12(9-18)22-16/h10-11H,4-8H2,1-3H3,(H,23,25)(H,19,20,21,22). The lowest BCUT2D eigenvalue weighted by atomic mass is 9.92. The highest BCUT2D eigenvalue weighted by Gasteiger charge is 2.29. The number of aromatic amines is 1. The maximum atomic E-state index is 12.5. The van der Waals surface area contributed by atoms with E-state index in [1.165, 1.54) is 6.33 Å². The van der Waals surface area contributed by atoms with Crippen molar-refractivity contribution in [3.05, 3.63) is 12.2 Å². The number of anilines is 1. The van der Waals surface area contributed by atoms with Crippen LogP contribution in [0.3, 0.4) is 0 Å². The lowest BCUT2D eigenvalue weighted by molar-refractivity contribution is -0.123. The minimum atomic E-state index is -0.113. The van der Waals surface area contributed by atoms with Gasteiger partial charge in [0.05, 0.1) is 12.4 Å². The van der Waals surface area contributed by atoms with Gasteiger partial charge in [-0.15, -0.1) is 0 Å². The normalized spacial score (nSPS) is 15.3. The molecule has 2 N–H and O–H groups in total. The Morgan fingerprint density at radius 1 is 1.40 bits per heavy atom. The van der Waals surface area contributed by atoms with Gasteiger partial charge in [0, 0.05) is 6.42 Å². The van der Waals surface area contributed by atoms with Crippen LogP contribution in [0.5, 0.6) is 0 Å². The number of imidazole rings is 1. The summed E-state index contributed by atoms with van der Waals surface area (Å²) in [6.45, 7) is 6.08. The molecule has 8 nitrogen and oxygen atoms in total. The zero-order valence-electron chi connectivity index (χ0n) is 14.8. The Bertz CT molecular complexity index is 808. The van der Waals surface area contributed by atoms with Gasteiger partial charge < -0.3 is 4.98 Å². The topological polar surface area (TPSA) is 111 Å². The third kappa shape index (κ3) is 3.87. The average Bonchev–Trinajstić information content (AvgIpc) is 3.21. The molecular weight excluding hydrogens is 318 g/mol. The molecule has 1 aliphatic carbocycles. The molecule has 0 aliphatic heterocycles. The molecule has 3 rings (SSSR count).